The standard InChI is InChI=1S/C11H15BrN2/c1-9-3-2-5-13-11(9)14-6-4-10(7-12)8-14/h2-3,5,10H,4,6-8H2,1H3. The molecule has 1 unspecified atom stereocenters. The number of hydrogen-bond donors (Lipinski definition) is 0. The first kappa shape index (κ1) is 9.97. The lowest BCUT2D eigenvalue weighted by Gasteiger charge is -2.18. The van der Waals surface area contributed by atoms with Gasteiger partial charge in [-0.15, -0.1) is 0 Å². The molecule has 0 aliphatic carbocycles. The Kier molecular flexibility index (Phi) is 3.06. The molecular formula is C11H15BrN2. The Bertz CT molecular complexity index is 314. The number of alkyl halides is 1. The van der Waals surface area contributed by atoms with Crippen LogP contribution in [0.15, 0.2) is 18.3 Å². The molecular weight excluding hydrogens is 240 g/mol. The molecule has 1 fully saturated rings. The lowest BCUT2D eigenvalue weighted by atomic mass is 10.2. The molecule has 1 aliphatic rings. The van der Waals surface area contributed by atoms with Gasteiger partial charge in [0, 0.05) is 24.6 Å². The van der Waals surface area contributed by atoms with Crippen LogP contribution in [0.1, 0.15) is 12.0 Å². The van der Waals surface area contributed by atoms with Gasteiger partial charge in [-0.1, -0.05) is 22.0 Å². The van der Waals surface area contributed by atoms with Crippen molar-refractivity contribution in [3.8, 4) is 0 Å². The zero-order valence-corrected chi connectivity index (χ0v) is 10.00. The highest BCUT2D eigenvalue weighted by Crippen LogP contribution is 2.25. The highest BCUT2D eigenvalue weighted by atomic mass is 79.9. The van der Waals surface area contributed by atoms with Crippen molar-refractivity contribution < 1.29 is 0 Å². The Morgan fingerprint density at radius 2 is 2.50 bits per heavy atom. The zero-order valence-electron chi connectivity index (χ0n) is 8.41. The summed E-state index contributed by atoms with van der Waals surface area (Å²) >= 11 is 3.55. The van der Waals surface area contributed by atoms with Crippen LogP contribution in [0.4, 0.5) is 5.82 Å². The molecule has 3 heteroatoms. The van der Waals surface area contributed by atoms with Crippen LogP contribution in [0.2, 0.25) is 0 Å². The van der Waals surface area contributed by atoms with E-state index >= 15 is 0 Å². The Morgan fingerprint density at radius 3 is 3.14 bits per heavy atom. The van der Waals surface area contributed by atoms with E-state index in [0.717, 1.165) is 30.2 Å². The number of rotatable bonds is 2. The van der Waals surface area contributed by atoms with Gasteiger partial charge in [0.25, 0.3) is 0 Å². The van der Waals surface area contributed by atoms with E-state index in [1.807, 2.05) is 12.3 Å². The zero-order chi connectivity index (χ0) is 9.97. The summed E-state index contributed by atoms with van der Waals surface area (Å²) in [6, 6.07) is 4.13. The summed E-state index contributed by atoms with van der Waals surface area (Å²) in [5.41, 5.74) is 1.28. The Hall–Kier alpha value is -0.570. The van der Waals surface area contributed by atoms with Gasteiger partial charge in [0.1, 0.15) is 5.82 Å². The number of hydrogen-bond acceptors (Lipinski definition) is 2. The largest absolute Gasteiger partial charge is 0.356 e. The minimum atomic E-state index is 0.788. The van der Waals surface area contributed by atoms with Crippen molar-refractivity contribution in [3.63, 3.8) is 0 Å². The van der Waals surface area contributed by atoms with E-state index in [4.69, 9.17) is 0 Å². The average Bonchev–Trinajstić information content (AvgIpc) is 2.67. The van der Waals surface area contributed by atoms with E-state index in [-0.39, 0.29) is 0 Å². The SMILES string of the molecule is Cc1cccnc1N1CCC(CBr)C1. The number of nitrogens with zero attached hydrogens (tertiary/aromatic N) is 2. The number of halogens is 1. The van der Waals surface area contributed by atoms with Gasteiger partial charge in [0.15, 0.2) is 0 Å². The Labute approximate surface area is 93.5 Å². The van der Waals surface area contributed by atoms with Crippen LogP contribution in [-0.4, -0.2) is 23.4 Å². The Morgan fingerprint density at radius 1 is 1.64 bits per heavy atom. The minimum absolute atomic E-state index is 0.788. The second kappa shape index (κ2) is 4.30. The molecule has 2 heterocycles. The van der Waals surface area contributed by atoms with Gasteiger partial charge in [-0.05, 0) is 30.9 Å². The number of aromatic nitrogens is 1. The van der Waals surface area contributed by atoms with Gasteiger partial charge in [-0.2, -0.15) is 0 Å². The van der Waals surface area contributed by atoms with Crippen molar-refractivity contribution in [3.05, 3.63) is 23.9 Å². The summed E-state index contributed by atoms with van der Waals surface area (Å²) in [5, 5.41) is 1.11. The van der Waals surface area contributed by atoms with Gasteiger partial charge in [-0.3, -0.25) is 0 Å². The fourth-order valence-electron chi connectivity index (χ4n) is 1.96. The maximum atomic E-state index is 4.44. The lowest BCUT2D eigenvalue weighted by Crippen LogP contribution is -2.21. The van der Waals surface area contributed by atoms with Gasteiger partial charge in [0.2, 0.25) is 0 Å². The molecule has 0 bridgehead atoms. The van der Waals surface area contributed by atoms with Crippen molar-refractivity contribution in [2.45, 2.75) is 13.3 Å². The average molecular weight is 255 g/mol. The molecule has 0 saturated carbocycles. The molecule has 1 aromatic heterocycles. The summed E-state index contributed by atoms with van der Waals surface area (Å²) in [4.78, 5) is 6.83. The van der Waals surface area contributed by atoms with Crippen molar-refractivity contribution in [1.29, 1.82) is 0 Å². The minimum Gasteiger partial charge on any atom is -0.356 e. The lowest BCUT2D eigenvalue weighted by molar-refractivity contribution is 0.675. The van der Waals surface area contributed by atoms with E-state index in [2.05, 4.69) is 38.8 Å². The summed E-state index contributed by atoms with van der Waals surface area (Å²) in [7, 11) is 0. The van der Waals surface area contributed by atoms with Crippen LogP contribution in [0, 0.1) is 12.8 Å². The van der Waals surface area contributed by atoms with Crippen LogP contribution in [-0.2, 0) is 0 Å². The molecule has 0 amide bonds. The fourth-order valence-corrected chi connectivity index (χ4v) is 2.49. The summed E-state index contributed by atoms with van der Waals surface area (Å²) in [5.74, 6) is 1.95. The first-order valence-corrected chi connectivity index (χ1v) is 6.16. The van der Waals surface area contributed by atoms with E-state index in [1.54, 1.807) is 0 Å². The number of anilines is 1. The highest BCUT2D eigenvalue weighted by molar-refractivity contribution is 9.09. The van der Waals surface area contributed by atoms with Crippen molar-refractivity contribution in [2.75, 3.05) is 23.3 Å². The van der Waals surface area contributed by atoms with Crippen molar-refractivity contribution >= 4 is 21.7 Å². The van der Waals surface area contributed by atoms with Gasteiger partial charge in [-0.25, -0.2) is 4.98 Å². The second-order valence-electron chi connectivity index (χ2n) is 3.90. The molecule has 0 radical (unpaired) electrons. The van der Waals surface area contributed by atoms with Crippen LogP contribution in [0.5, 0.6) is 0 Å². The van der Waals surface area contributed by atoms with Gasteiger partial charge < -0.3 is 4.90 Å². The molecule has 0 spiro atoms. The molecule has 1 saturated heterocycles. The predicted molar refractivity (Wildman–Crippen MR) is 63.1 cm³/mol. The normalized spacial score (nSPS) is 21.6. The van der Waals surface area contributed by atoms with Crippen molar-refractivity contribution in [1.82, 2.24) is 4.98 Å². The quantitative estimate of drug-likeness (QED) is 0.755. The molecule has 14 heavy (non-hydrogen) atoms. The summed E-state index contributed by atoms with van der Waals surface area (Å²) in [6.07, 6.45) is 3.16. The molecule has 0 N–H and O–H groups in total. The monoisotopic (exact) mass is 254 g/mol. The van der Waals surface area contributed by atoms with E-state index in [9.17, 15) is 0 Å². The fraction of sp³-hybridized carbons (Fsp3) is 0.545. The highest BCUT2D eigenvalue weighted by Gasteiger charge is 2.23. The first-order chi connectivity index (χ1) is 6.81. The number of pyridine rings is 1. The smallest absolute Gasteiger partial charge is 0.131 e. The van der Waals surface area contributed by atoms with Crippen LogP contribution in [0.3, 0.4) is 0 Å². The van der Waals surface area contributed by atoms with Gasteiger partial charge >= 0.3 is 0 Å². The third-order valence-corrected chi connectivity index (χ3v) is 3.70. The maximum Gasteiger partial charge on any atom is 0.131 e. The van der Waals surface area contributed by atoms with E-state index in [1.165, 1.54) is 12.0 Å². The van der Waals surface area contributed by atoms with E-state index < -0.39 is 0 Å². The molecule has 2 rings (SSSR count). The first-order valence-electron chi connectivity index (χ1n) is 5.04. The molecule has 2 nitrogen and oxygen atoms in total. The molecule has 1 aliphatic heterocycles. The van der Waals surface area contributed by atoms with Crippen LogP contribution >= 0.6 is 15.9 Å². The molecule has 1 aromatic rings. The topological polar surface area (TPSA) is 16.1 Å². The van der Waals surface area contributed by atoms with E-state index in [0.29, 0.717) is 0 Å². The molecule has 76 valence electrons. The van der Waals surface area contributed by atoms with Gasteiger partial charge in [0.05, 0.1) is 0 Å². The summed E-state index contributed by atoms with van der Waals surface area (Å²) < 4.78 is 0. The number of aryl methyl sites for hydroxylation is 1. The maximum absolute atomic E-state index is 4.44. The third kappa shape index (κ3) is 1.92. The summed E-state index contributed by atoms with van der Waals surface area (Å²) in [6.45, 7) is 4.42. The Balaban J connectivity index is 2.13. The second-order valence-corrected chi connectivity index (χ2v) is 4.55. The molecule has 1 atom stereocenters. The predicted octanol–water partition coefficient (Wildman–Crippen LogP) is 2.61. The van der Waals surface area contributed by atoms with Crippen LogP contribution in [0.25, 0.3) is 0 Å². The van der Waals surface area contributed by atoms with Crippen LogP contribution < -0.4 is 4.90 Å². The third-order valence-electron chi connectivity index (χ3n) is 2.79. The van der Waals surface area contributed by atoms with Crippen molar-refractivity contribution in [2.24, 2.45) is 5.92 Å². The molecule has 0 aromatic carbocycles.